The highest BCUT2D eigenvalue weighted by molar-refractivity contribution is 5.64. The van der Waals surface area contributed by atoms with E-state index in [1.807, 2.05) is 36.4 Å². The average Bonchev–Trinajstić information content (AvgIpc) is 2.97. The number of ether oxygens (including phenoxy) is 2. The summed E-state index contributed by atoms with van der Waals surface area (Å²) in [4.78, 5) is 0. The summed E-state index contributed by atoms with van der Waals surface area (Å²) in [5.74, 6) is 1.63. The molecule has 4 rings (SSSR count). The maximum Gasteiger partial charge on any atom is 0.416 e. The molecule has 0 atom stereocenters. The zero-order chi connectivity index (χ0) is 20.3. The molecule has 5 heteroatoms. The van der Waals surface area contributed by atoms with E-state index in [-0.39, 0.29) is 0 Å². The van der Waals surface area contributed by atoms with Crippen molar-refractivity contribution in [3.63, 3.8) is 0 Å². The number of hydrogen-bond acceptors (Lipinski definition) is 2. The lowest BCUT2D eigenvalue weighted by molar-refractivity contribution is -0.137. The highest BCUT2D eigenvalue weighted by Gasteiger charge is 2.29. The van der Waals surface area contributed by atoms with E-state index in [0.717, 1.165) is 66.2 Å². The highest BCUT2D eigenvalue weighted by atomic mass is 19.4. The van der Waals surface area contributed by atoms with Crippen molar-refractivity contribution in [2.75, 3.05) is 6.61 Å². The van der Waals surface area contributed by atoms with Crippen LogP contribution in [0.4, 0.5) is 13.2 Å². The van der Waals surface area contributed by atoms with E-state index in [1.165, 1.54) is 17.7 Å². The van der Waals surface area contributed by atoms with Gasteiger partial charge in [-0.15, -0.1) is 0 Å². The Labute approximate surface area is 167 Å². The first-order chi connectivity index (χ1) is 14.0. The van der Waals surface area contributed by atoms with Crippen LogP contribution >= 0.6 is 0 Å². The molecule has 0 aliphatic carbocycles. The molecule has 2 nitrogen and oxygen atoms in total. The minimum absolute atomic E-state index is 0.368. The van der Waals surface area contributed by atoms with Gasteiger partial charge in [0.1, 0.15) is 18.1 Å². The minimum Gasteiger partial charge on any atom is -0.493 e. The second kappa shape index (κ2) is 8.19. The van der Waals surface area contributed by atoms with Crippen molar-refractivity contribution < 1.29 is 22.6 Å². The summed E-state index contributed by atoms with van der Waals surface area (Å²) in [5, 5.41) is 0. The van der Waals surface area contributed by atoms with Crippen LogP contribution in [0.5, 0.6) is 11.5 Å². The molecule has 29 heavy (non-hydrogen) atoms. The van der Waals surface area contributed by atoms with Gasteiger partial charge in [-0.25, -0.2) is 0 Å². The second-order valence-corrected chi connectivity index (χ2v) is 7.14. The molecule has 0 amide bonds. The lowest BCUT2D eigenvalue weighted by Crippen LogP contribution is -2.04. The van der Waals surface area contributed by atoms with Gasteiger partial charge in [0.15, 0.2) is 0 Å². The second-order valence-electron chi connectivity index (χ2n) is 7.14. The van der Waals surface area contributed by atoms with E-state index >= 15 is 0 Å². The maximum absolute atomic E-state index is 12.8. The number of rotatable bonds is 4. The quantitative estimate of drug-likeness (QED) is 0.489. The van der Waals surface area contributed by atoms with Crippen molar-refractivity contribution in [3.05, 3.63) is 83.4 Å². The van der Waals surface area contributed by atoms with Crippen LogP contribution in [-0.4, -0.2) is 6.61 Å². The van der Waals surface area contributed by atoms with E-state index in [2.05, 4.69) is 6.07 Å². The van der Waals surface area contributed by atoms with Crippen LogP contribution in [0.15, 0.2) is 66.7 Å². The molecule has 0 fully saturated rings. The third-order valence-electron chi connectivity index (χ3n) is 5.01. The number of halogens is 3. The Balaban J connectivity index is 1.46. The van der Waals surface area contributed by atoms with E-state index in [0.29, 0.717) is 6.61 Å². The third kappa shape index (κ3) is 4.73. The Morgan fingerprint density at radius 2 is 1.69 bits per heavy atom. The first-order valence-corrected chi connectivity index (χ1v) is 9.64. The van der Waals surface area contributed by atoms with Crippen LogP contribution in [0.25, 0.3) is 11.1 Å². The molecule has 0 radical (unpaired) electrons. The molecule has 1 heterocycles. The van der Waals surface area contributed by atoms with E-state index in [9.17, 15) is 13.2 Å². The molecule has 0 saturated carbocycles. The number of benzene rings is 3. The zero-order valence-electron chi connectivity index (χ0n) is 15.8. The molecule has 0 spiro atoms. The molecule has 3 aromatic rings. The van der Waals surface area contributed by atoms with Crippen molar-refractivity contribution in [3.8, 4) is 22.6 Å². The fourth-order valence-corrected chi connectivity index (χ4v) is 3.42. The van der Waals surface area contributed by atoms with Crippen LogP contribution in [0.3, 0.4) is 0 Å². The molecule has 0 bridgehead atoms. The molecular weight excluding hydrogens is 377 g/mol. The molecule has 0 unspecified atom stereocenters. The van der Waals surface area contributed by atoms with Gasteiger partial charge in [0, 0.05) is 6.07 Å². The van der Waals surface area contributed by atoms with Crippen molar-refractivity contribution >= 4 is 0 Å². The molecule has 1 aliphatic heterocycles. The van der Waals surface area contributed by atoms with Crippen LogP contribution in [0.1, 0.15) is 29.5 Å². The first-order valence-electron chi connectivity index (χ1n) is 9.64. The predicted octanol–water partition coefficient (Wildman–Crippen LogP) is 6.67. The predicted molar refractivity (Wildman–Crippen MR) is 106 cm³/mol. The average molecular weight is 398 g/mol. The number of fused-ring (bicyclic) bond motifs is 1. The van der Waals surface area contributed by atoms with Gasteiger partial charge in [-0.1, -0.05) is 36.4 Å². The molecule has 150 valence electrons. The Kier molecular flexibility index (Phi) is 5.47. The molecule has 3 aromatic carbocycles. The lowest BCUT2D eigenvalue weighted by atomic mass is 10.0. The minimum atomic E-state index is -4.33. The molecule has 0 aromatic heterocycles. The SMILES string of the molecule is FC(F)(F)c1ccc(-c2cccc(COc3ccc4c(c3)OCCCC4)c2)cc1. The summed E-state index contributed by atoms with van der Waals surface area (Å²) < 4.78 is 50.0. The molecule has 0 saturated heterocycles. The summed E-state index contributed by atoms with van der Waals surface area (Å²) in [6.07, 6.45) is -1.12. The van der Waals surface area contributed by atoms with Gasteiger partial charge in [-0.2, -0.15) is 13.2 Å². The Bertz CT molecular complexity index is 978. The third-order valence-corrected chi connectivity index (χ3v) is 5.01. The topological polar surface area (TPSA) is 18.5 Å². The van der Waals surface area contributed by atoms with Crippen LogP contribution in [0, 0.1) is 0 Å². The molecule has 1 aliphatic rings. The fraction of sp³-hybridized carbons (Fsp3) is 0.250. The van der Waals surface area contributed by atoms with Crippen LogP contribution in [0.2, 0.25) is 0 Å². The summed E-state index contributed by atoms with van der Waals surface area (Å²) in [6, 6.07) is 18.8. The standard InChI is InChI=1S/C24H21F3O2/c25-24(26,27)21-10-7-18(8-11-21)20-6-3-4-17(14-20)16-29-22-12-9-19-5-1-2-13-28-23(19)15-22/h3-4,6-12,14-15H,1-2,5,13,16H2. The maximum atomic E-state index is 12.8. The number of hydrogen-bond donors (Lipinski definition) is 0. The van der Waals surface area contributed by atoms with Gasteiger partial charge in [-0.3, -0.25) is 0 Å². The van der Waals surface area contributed by atoms with Crippen molar-refractivity contribution in [2.45, 2.75) is 32.0 Å². The van der Waals surface area contributed by atoms with Gasteiger partial charge in [0.25, 0.3) is 0 Å². The molecular formula is C24H21F3O2. The van der Waals surface area contributed by atoms with Crippen LogP contribution < -0.4 is 9.47 Å². The summed E-state index contributed by atoms with van der Waals surface area (Å²) in [7, 11) is 0. The first kappa shape index (κ1) is 19.4. The van der Waals surface area contributed by atoms with Gasteiger partial charge in [0.2, 0.25) is 0 Å². The normalized spacial score (nSPS) is 13.9. The Morgan fingerprint density at radius 1 is 0.862 bits per heavy atom. The highest BCUT2D eigenvalue weighted by Crippen LogP contribution is 2.32. The fourth-order valence-electron chi connectivity index (χ4n) is 3.42. The number of alkyl halides is 3. The van der Waals surface area contributed by atoms with Gasteiger partial charge >= 0.3 is 6.18 Å². The van der Waals surface area contributed by atoms with Crippen molar-refractivity contribution in [1.29, 1.82) is 0 Å². The summed E-state index contributed by atoms with van der Waals surface area (Å²) in [6.45, 7) is 1.10. The van der Waals surface area contributed by atoms with Gasteiger partial charge in [-0.05, 0) is 65.8 Å². The van der Waals surface area contributed by atoms with Crippen LogP contribution in [-0.2, 0) is 19.2 Å². The smallest absolute Gasteiger partial charge is 0.416 e. The lowest BCUT2D eigenvalue weighted by Gasteiger charge is -2.12. The largest absolute Gasteiger partial charge is 0.493 e. The van der Waals surface area contributed by atoms with E-state index in [4.69, 9.17) is 9.47 Å². The Morgan fingerprint density at radius 3 is 2.48 bits per heavy atom. The Hall–Kier alpha value is -2.95. The van der Waals surface area contributed by atoms with E-state index < -0.39 is 11.7 Å². The molecule has 0 N–H and O–H groups in total. The van der Waals surface area contributed by atoms with E-state index in [1.54, 1.807) is 0 Å². The monoisotopic (exact) mass is 398 g/mol. The van der Waals surface area contributed by atoms with Gasteiger partial charge < -0.3 is 9.47 Å². The summed E-state index contributed by atoms with van der Waals surface area (Å²) >= 11 is 0. The van der Waals surface area contributed by atoms with Crippen molar-refractivity contribution in [2.24, 2.45) is 0 Å². The van der Waals surface area contributed by atoms with Gasteiger partial charge in [0.05, 0.1) is 12.2 Å². The summed E-state index contributed by atoms with van der Waals surface area (Å²) in [5.41, 5.74) is 3.09. The number of aryl methyl sites for hydroxylation is 1. The van der Waals surface area contributed by atoms with Crippen molar-refractivity contribution in [1.82, 2.24) is 0 Å². The zero-order valence-corrected chi connectivity index (χ0v) is 15.8.